The molecule has 7 heteroatoms. The topological polar surface area (TPSA) is 64.6 Å². The molecule has 0 aromatic carbocycles. The SMILES string of the molecule is C[SiH2]OC(O[SiH2]C)C(C)(C)[C@H](C)[C@H]1C(=O)N[C@@H]1[C@@H]1CCC[C@H](C)C1=O. The van der Waals surface area contributed by atoms with Crippen LogP contribution in [0.1, 0.15) is 47.0 Å². The van der Waals surface area contributed by atoms with Crippen molar-refractivity contribution in [3.63, 3.8) is 0 Å². The van der Waals surface area contributed by atoms with Crippen molar-refractivity contribution in [2.45, 2.75) is 72.4 Å². The normalized spacial score (nSPS) is 33.7. The van der Waals surface area contributed by atoms with E-state index in [0.29, 0.717) is 5.78 Å². The summed E-state index contributed by atoms with van der Waals surface area (Å²) in [6.07, 6.45) is 2.73. The van der Waals surface area contributed by atoms with Gasteiger partial charge in [-0.3, -0.25) is 9.59 Å². The number of carbonyl (C=O) groups is 2. The maximum atomic E-state index is 12.6. The quantitative estimate of drug-likeness (QED) is 0.390. The van der Waals surface area contributed by atoms with Gasteiger partial charge in [0.25, 0.3) is 0 Å². The van der Waals surface area contributed by atoms with Gasteiger partial charge in [-0.1, -0.05) is 47.2 Å². The highest BCUT2D eigenvalue weighted by atomic mass is 28.2. The Morgan fingerprint density at radius 3 is 2.28 bits per heavy atom. The molecule has 2 rings (SSSR count). The van der Waals surface area contributed by atoms with Gasteiger partial charge in [-0.15, -0.1) is 0 Å². The first-order valence-corrected chi connectivity index (χ1v) is 13.8. The standard InChI is InChI=1S/C18H35NO4Si2/c1-10-8-7-9-12(15(10)20)14-13(16(21)19-14)11(2)18(3,4)17(22-24-5)23-25-6/h10-14,17H,7-9,24-25H2,1-6H3,(H,19,21)/t10-,11+,12-,13+,14+/m0/s1. The van der Waals surface area contributed by atoms with E-state index >= 15 is 0 Å². The van der Waals surface area contributed by atoms with Crippen molar-refractivity contribution in [1.29, 1.82) is 0 Å². The monoisotopic (exact) mass is 385 g/mol. The van der Waals surface area contributed by atoms with Crippen LogP contribution in [-0.4, -0.2) is 43.5 Å². The summed E-state index contributed by atoms with van der Waals surface area (Å²) in [6.45, 7) is 12.6. The Morgan fingerprint density at radius 2 is 1.76 bits per heavy atom. The molecular formula is C18H35NO4Si2. The molecule has 5 atom stereocenters. The molecule has 0 aromatic heterocycles. The van der Waals surface area contributed by atoms with Crippen LogP contribution >= 0.6 is 0 Å². The van der Waals surface area contributed by atoms with Gasteiger partial charge in [0.2, 0.25) is 5.91 Å². The second-order valence-corrected chi connectivity index (χ2v) is 10.1. The third-order valence-corrected chi connectivity index (χ3v) is 7.66. The Bertz CT molecular complexity index is 493. The van der Waals surface area contributed by atoms with E-state index in [9.17, 15) is 9.59 Å². The van der Waals surface area contributed by atoms with E-state index in [4.69, 9.17) is 8.85 Å². The second kappa shape index (κ2) is 8.46. The zero-order chi connectivity index (χ0) is 18.8. The molecule has 25 heavy (non-hydrogen) atoms. The molecule has 1 N–H and O–H groups in total. The zero-order valence-electron chi connectivity index (χ0n) is 16.6. The van der Waals surface area contributed by atoms with E-state index in [1.165, 1.54) is 0 Å². The highest BCUT2D eigenvalue weighted by Crippen LogP contribution is 2.44. The first-order chi connectivity index (χ1) is 11.8. The van der Waals surface area contributed by atoms with Gasteiger partial charge in [0.1, 0.15) is 12.1 Å². The molecule has 0 bridgehead atoms. The van der Waals surface area contributed by atoms with Crippen molar-refractivity contribution in [3.05, 3.63) is 0 Å². The summed E-state index contributed by atoms with van der Waals surface area (Å²) in [4.78, 5) is 25.0. The van der Waals surface area contributed by atoms with E-state index in [1.54, 1.807) is 0 Å². The molecule has 2 aliphatic rings. The summed E-state index contributed by atoms with van der Waals surface area (Å²) in [5, 5.41) is 3.05. The average Bonchev–Trinajstić information content (AvgIpc) is 2.55. The van der Waals surface area contributed by atoms with Crippen LogP contribution < -0.4 is 5.32 Å². The number of rotatable bonds is 8. The van der Waals surface area contributed by atoms with E-state index in [1.807, 2.05) is 6.92 Å². The van der Waals surface area contributed by atoms with Crippen molar-refractivity contribution in [2.24, 2.45) is 29.1 Å². The summed E-state index contributed by atoms with van der Waals surface area (Å²) in [5.74, 6) is 0.487. The predicted octanol–water partition coefficient (Wildman–Crippen LogP) is 1.39. The van der Waals surface area contributed by atoms with Crippen LogP contribution in [0.15, 0.2) is 0 Å². The highest BCUT2D eigenvalue weighted by molar-refractivity contribution is 6.26. The predicted molar refractivity (Wildman–Crippen MR) is 105 cm³/mol. The third-order valence-electron chi connectivity index (χ3n) is 6.39. The molecule has 0 radical (unpaired) electrons. The fraction of sp³-hybridized carbons (Fsp3) is 0.889. The van der Waals surface area contributed by atoms with Gasteiger partial charge in [0.05, 0.1) is 12.0 Å². The lowest BCUT2D eigenvalue weighted by molar-refractivity contribution is -0.157. The molecule has 0 aromatic rings. The lowest BCUT2D eigenvalue weighted by Gasteiger charge is -2.51. The molecule has 0 unspecified atom stereocenters. The summed E-state index contributed by atoms with van der Waals surface area (Å²) in [6, 6.07) is -0.0181. The lowest BCUT2D eigenvalue weighted by atomic mass is 9.62. The van der Waals surface area contributed by atoms with Gasteiger partial charge >= 0.3 is 0 Å². The van der Waals surface area contributed by atoms with Gasteiger partial charge in [-0.05, 0) is 18.8 Å². The van der Waals surface area contributed by atoms with Gasteiger partial charge in [-0.2, -0.15) is 0 Å². The third kappa shape index (κ3) is 4.09. The molecule has 144 valence electrons. The van der Waals surface area contributed by atoms with Crippen LogP contribution in [0.5, 0.6) is 0 Å². The number of Topliss-reactive ketones (excluding diaryl/α,β-unsaturated/α-hetero) is 1. The molecule has 1 amide bonds. The Hall–Kier alpha value is -0.506. The molecule has 5 nitrogen and oxygen atoms in total. The molecule has 2 fully saturated rings. The summed E-state index contributed by atoms with van der Waals surface area (Å²) >= 11 is 0. The summed E-state index contributed by atoms with van der Waals surface area (Å²) in [5.41, 5.74) is -0.254. The number of amides is 1. The van der Waals surface area contributed by atoms with Crippen LogP contribution in [0.2, 0.25) is 13.1 Å². The first kappa shape index (κ1) is 20.8. The van der Waals surface area contributed by atoms with Gasteiger partial charge in [0, 0.05) is 17.3 Å². The van der Waals surface area contributed by atoms with Crippen LogP contribution in [0.4, 0.5) is 0 Å². The second-order valence-electron chi connectivity index (χ2n) is 8.25. The van der Waals surface area contributed by atoms with E-state index in [-0.39, 0.29) is 47.3 Å². The minimum absolute atomic E-state index is 0.0181. The van der Waals surface area contributed by atoms with Gasteiger partial charge < -0.3 is 14.2 Å². The maximum absolute atomic E-state index is 12.6. The Morgan fingerprint density at radius 1 is 1.16 bits per heavy atom. The van der Waals surface area contributed by atoms with Crippen molar-refractivity contribution < 1.29 is 18.4 Å². The van der Waals surface area contributed by atoms with Crippen LogP contribution in [0.25, 0.3) is 0 Å². The molecular weight excluding hydrogens is 350 g/mol. The molecule has 1 saturated carbocycles. The van der Waals surface area contributed by atoms with Crippen LogP contribution in [0.3, 0.4) is 0 Å². The fourth-order valence-corrected chi connectivity index (χ4v) is 6.26. The summed E-state index contributed by atoms with van der Waals surface area (Å²) < 4.78 is 12.0. The number of hydrogen-bond donors (Lipinski definition) is 1. The highest BCUT2D eigenvalue weighted by Gasteiger charge is 2.54. The number of nitrogens with one attached hydrogen (secondary N) is 1. The van der Waals surface area contributed by atoms with Gasteiger partial charge in [0.15, 0.2) is 19.5 Å². The van der Waals surface area contributed by atoms with Crippen molar-refractivity contribution >= 4 is 31.2 Å². The molecule has 1 aliphatic carbocycles. The summed E-state index contributed by atoms with van der Waals surface area (Å²) in [7, 11) is -1.19. The first-order valence-electron chi connectivity index (χ1n) is 9.82. The Balaban J connectivity index is 2.16. The smallest absolute Gasteiger partial charge is 0.225 e. The van der Waals surface area contributed by atoms with Crippen molar-refractivity contribution in [2.75, 3.05) is 0 Å². The van der Waals surface area contributed by atoms with Crippen LogP contribution in [-0.2, 0) is 18.4 Å². The molecule has 0 spiro atoms. The van der Waals surface area contributed by atoms with E-state index in [2.05, 4.69) is 39.2 Å². The van der Waals surface area contributed by atoms with E-state index < -0.39 is 19.5 Å². The van der Waals surface area contributed by atoms with E-state index in [0.717, 1.165) is 19.3 Å². The minimum Gasteiger partial charge on any atom is -0.400 e. The lowest BCUT2D eigenvalue weighted by Crippen LogP contribution is -2.67. The number of β-lactam (4-membered cyclic amide) rings is 1. The van der Waals surface area contributed by atoms with Crippen molar-refractivity contribution in [3.8, 4) is 0 Å². The van der Waals surface area contributed by atoms with Gasteiger partial charge in [-0.25, -0.2) is 0 Å². The fourth-order valence-electron chi connectivity index (χ4n) is 4.41. The largest absolute Gasteiger partial charge is 0.400 e. The van der Waals surface area contributed by atoms with Crippen LogP contribution in [0, 0.1) is 29.1 Å². The zero-order valence-corrected chi connectivity index (χ0v) is 19.5. The molecule has 1 saturated heterocycles. The Kier molecular flexibility index (Phi) is 7.04. The Labute approximate surface area is 156 Å². The molecule has 1 aliphatic heterocycles. The number of carbonyl (C=O) groups excluding carboxylic acids is 2. The maximum Gasteiger partial charge on any atom is 0.225 e. The number of hydrogen-bond acceptors (Lipinski definition) is 4. The number of ketones is 1. The minimum atomic E-state index is -0.597. The average molecular weight is 386 g/mol. The van der Waals surface area contributed by atoms with Crippen molar-refractivity contribution in [1.82, 2.24) is 5.32 Å². The molecule has 1 heterocycles.